The number of rotatable bonds is 3. The average Bonchev–Trinajstić information content (AvgIpc) is 2.32. The highest BCUT2D eigenvalue weighted by Gasteiger charge is 2.04. The van der Waals surface area contributed by atoms with Gasteiger partial charge < -0.3 is 5.73 Å². The van der Waals surface area contributed by atoms with Crippen LogP contribution >= 0.6 is 46.6 Å². The summed E-state index contributed by atoms with van der Waals surface area (Å²) in [6.45, 7) is 0. The summed E-state index contributed by atoms with van der Waals surface area (Å²) in [5.41, 5.74) is 7.41. The van der Waals surface area contributed by atoms with Gasteiger partial charge in [-0.3, -0.25) is 0 Å². The molecule has 1 nitrogen and oxygen atoms in total. The summed E-state index contributed by atoms with van der Waals surface area (Å²) in [6.07, 6.45) is 0. The Morgan fingerprint density at radius 2 is 1.67 bits per heavy atom. The summed E-state index contributed by atoms with van der Waals surface area (Å²) in [5, 5.41) is 1.80. The van der Waals surface area contributed by atoms with E-state index >= 15 is 0 Å². The second kappa shape index (κ2) is 6.07. The van der Waals surface area contributed by atoms with Crippen LogP contribution in [0.3, 0.4) is 0 Å². The molecule has 0 saturated carbocycles. The normalized spacial score (nSPS) is 10.6. The zero-order chi connectivity index (χ0) is 13.1. The number of benzene rings is 2. The molecule has 5 heteroatoms. The van der Waals surface area contributed by atoms with Gasteiger partial charge in [-0.05, 0) is 35.9 Å². The zero-order valence-electron chi connectivity index (χ0n) is 9.29. The molecule has 94 valence electrons. The highest BCUT2D eigenvalue weighted by Crippen LogP contribution is 2.32. The molecule has 2 N–H and O–H groups in total. The van der Waals surface area contributed by atoms with Gasteiger partial charge in [0.05, 0.1) is 15.1 Å². The van der Waals surface area contributed by atoms with Gasteiger partial charge in [-0.25, -0.2) is 0 Å². The molecule has 2 aromatic carbocycles. The summed E-state index contributed by atoms with van der Waals surface area (Å²) < 4.78 is 0. The molecule has 0 aromatic heterocycles. The Bertz CT molecular complexity index is 572. The van der Waals surface area contributed by atoms with E-state index in [0.717, 1.165) is 16.2 Å². The maximum atomic E-state index is 6.10. The van der Waals surface area contributed by atoms with Crippen molar-refractivity contribution >= 4 is 52.3 Å². The first kappa shape index (κ1) is 13.9. The van der Waals surface area contributed by atoms with Gasteiger partial charge in [0.2, 0.25) is 0 Å². The predicted molar refractivity (Wildman–Crippen MR) is 81.9 cm³/mol. The van der Waals surface area contributed by atoms with Crippen LogP contribution in [0, 0.1) is 0 Å². The number of anilines is 1. The Labute approximate surface area is 125 Å². The van der Waals surface area contributed by atoms with Gasteiger partial charge in [-0.15, -0.1) is 11.8 Å². The van der Waals surface area contributed by atoms with Crippen molar-refractivity contribution < 1.29 is 0 Å². The Morgan fingerprint density at radius 1 is 0.889 bits per heavy atom. The van der Waals surface area contributed by atoms with Crippen LogP contribution in [0.2, 0.25) is 15.1 Å². The van der Waals surface area contributed by atoms with E-state index in [-0.39, 0.29) is 0 Å². The molecule has 0 amide bonds. The monoisotopic (exact) mass is 317 g/mol. The van der Waals surface area contributed by atoms with Crippen molar-refractivity contribution in [3.8, 4) is 0 Å². The van der Waals surface area contributed by atoms with Crippen LogP contribution in [0.25, 0.3) is 0 Å². The summed E-state index contributed by atoms with van der Waals surface area (Å²) in [5.74, 6) is 0.778. The van der Waals surface area contributed by atoms with Gasteiger partial charge in [0.15, 0.2) is 0 Å². The lowest BCUT2D eigenvalue weighted by Gasteiger charge is -2.06. The minimum Gasteiger partial charge on any atom is -0.399 e. The van der Waals surface area contributed by atoms with Gasteiger partial charge in [0.1, 0.15) is 0 Å². The maximum absolute atomic E-state index is 6.10. The molecule has 0 aliphatic carbocycles. The first-order valence-electron chi connectivity index (χ1n) is 5.18. The number of halogens is 3. The fourth-order valence-electron chi connectivity index (χ4n) is 1.42. The lowest BCUT2D eigenvalue weighted by molar-refractivity contribution is 1.38. The Morgan fingerprint density at radius 3 is 2.33 bits per heavy atom. The molecule has 0 bridgehead atoms. The maximum Gasteiger partial charge on any atom is 0.0595 e. The second-order valence-electron chi connectivity index (χ2n) is 3.73. The third kappa shape index (κ3) is 3.48. The van der Waals surface area contributed by atoms with E-state index in [1.807, 2.05) is 24.3 Å². The molecule has 0 saturated heterocycles. The average molecular weight is 319 g/mol. The van der Waals surface area contributed by atoms with Crippen molar-refractivity contribution in [2.75, 3.05) is 5.73 Å². The fourth-order valence-corrected chi connectivity index (χ4v) is 2.96. The molecular formula is C13H10Cl3NS. The quantitative estimate of drug-likeness (QED) is 0.595. The topological polar surface area (TPSA) is 26.0 Å². The van der Waals surface area contributed by atoms with Crippen molar-refractivity contribution in [1.82, 2.24) is 0 Å². The molecule has 2 rings (SSSR count). The lowest BCUT2D eigenvalue weighted by atomic mass is 10.2. The van der Waals surface area contributed by atoms with Crippen LogP contribution < -0.4 is 5.73 Å². The number of hydrogen-bond acceptors (Lipinski definition) is 2. The highest BCUT2D eigenvalue weighted by atomic mass is 35.5. The standard InChI is InChI=1S/C13H10Cl3NS/c14-10-3-1-8(5-11(10)15)7-18-13-4-2-9(17)6-12(13)16/h1-6H,7,17H2. The summed E-state index contributed by atoms with van der Waals surface area (Å²) >= 11 is 19.6. The molecule has 0 atom stereocenters. The molecule has 2 aromatic rings. The van der Waals surface area contributed by atoms with Gasteiger partial charge in [-0.2, -0.15) is 0 Å². The minimum atomic E-state index is 0.566. The predicted octanol–water partition coefficient (Wildman–Crippen LogP) is 5.52. The molecule has 0 aliphatic rings. The van der Waals surface area contributed by atoms with Gasteiger partial charge in [-0.1, -0.05) is 40.9 Å². The van der Waals surface area contributed by atoms with E-state index in [1.54, 1.807) is 23.9 Å². The van der Waals surface area contributed by atoms with E-state index in [1.165, 1.54) is 0 Å². The fraction of sp³-hybridized carbons (Fsp3) is 0.0769. The van der Waals surface area contributed by atoms with Crippen LogP contribution in [0.15, 0.2) is 41.3 Å². The van der Waals surface area contributed by atoms with E-state index in [0.29, 0.717) is 20.8 Å². The lowest BCUT2D eigenvalue weighted by Crippen LogP contribution is -1.86. The van der Waals surface area contributed by atoms with E-state index < -0.39 is 0 Å². The molecule has 0 heterocycles. The van der Waals surface area contributed by atoms with Crippen LogP contribution in [0.4, 0.5) is 5.69 Å². The number of nitrogen functional groups attached to an aromatic ring is 1. The summed E-state index contributed by atoms with van der Waals surface area (Å²) in [6, 6.07) is 11.1. The second-order valence-corrected chi connectivity index (χ2v) is 5.97. The molecule has 0 spiro atoms. The molecular weight excluding hydrogens is 309 g/mol. The zero-order valence-corrected chi connectivity index (χ0v) is 12.4. The Kier molecular flexibility index (Phi) is 4.68. The van der Waals surface area contributed by atoms with Crippen molar-refractivity contribution in [2.45, 2.75) is 10.6 Å². The van der Waals surface area contributed by atoms with Crippen molar-refractivity contribution in [3.05, 3.63) is 57.0 Å². The first-order chi connectivity index (χ1) is 8.56. The van der Waals surface area contributed by atoms with Crippen molar-refractivity contribution in [3.63, 3.8) is 0 Å². The minimum absolute atomic E-state index is 0.566. The van der Waals surface area contributed by atoms with Crippen LogP contribution in [-0.4, -0.2) is 0 Å². The molecule has 18 heavy (non-hydrogen) atoms. The van der Waals surface area contributed by atoms with Gasteiger partial charge in [0, 0.05) is 16.3 Å². The number of hydrogen-bond donors (Lipinski definition) is 1. The molecule has 0 aliphatic heterocycles. The SMILES string of the molecule is Nc1ccc(SCc2ccc(Cl)c(Cl)c2)c(Cl)c1. The molecule has 0 fully saturated rings. The third-order valence-corrected chi connectivity index (χ3v) is 4.64. The Balaban J connectivity index is 2.09. The van der Waals surface area contributed by atoms with Crippen LogP contribution in [0.5, 0.6) is 0 Å². The van der Waals surface area contributed by atoms with E-state index in [4.69, 9.17) is 40.5 Å². The molecule has 0 radical (unpaired) electrons. The third-order valence-electron chi connectivity index (χ3n) is 2.33. The van der Waals surface area contributed by atoms with E-state index in [9.17, 15) is 0 Å². The van der Waals surface area contributed by atoms with Crippen LogP contribution in [0.1, 0.15) is 5.56 Å². The first-order valence-corrected chi connectivity index (χ1v) is 7.30. The summed E-state index contributed by atoms with van der Waals surface area (Å²) in [4.78, 5) is 0.997. The largest absolute Gasteiger partial charge is 0.399 e. The smallest absolute Gasteiger partial charge is 0.0595 e. The number of nitrogens with two attached hydrogens (primary N) is 1. The van der Waals surface area contributed by atoms with Crippen molar-refractivity contribution in [2.24, 2.45) is 0 Å². The van der Waals surface area contributed by atoms with Crippen molar-refractivity contribution in [1.29, 1.82) is 0 Å². The summed E-state index contributed by atoms with van der Waals surface area (Å²) in [7, 11) is 0. The van der Waals surface area contributed by atoms with Crippen LogP contribution in [-0.2, 0) is 5.75 Å². The number of thioether (sulfide) groups is 1. The molecule has 0 unspecified atom stereocenters. The van der Waals surface area contributed by atoms with Gasteiger partial charge >= 0.3 is 0 Å². The van der Waals surface area contributed by atoms with E-state index in [2.05, 4.69) is 0 Å². The van der Waals surface area contributed by atoms with Gasteiger partial charge in [0.25, 0.3) is 0 Å². The Hall–Kier alpha value is -0.540. The highest BCUT2D eigenvalue weighted by molar-refractivity contribution is 7.98.